The van der Waals surface area contributed by atoms with E-state index in [-0.39, 0.29) is 33.3 Å². The zero-order valence-electron chi connectivity index (χ0n) is 21.4. The van der Waals surface area contributed by atoms with Crippen LogP contribution in [-0.4, -0.2) is 52.9 Å². The van der Waals surface area contributed by atoms with Crippen LogP contribution in [0.5, 0.6) is 5.88 Å². The predicted octanol–water partition coefficient (Wildman–Crippen LogP) is 5.37. The first-order valence-corrected chi connectivity index (χ1v) is 13.0. The molecule has 2 unspecified atom stereocenters. The van der Waals surface area contributed by atoms with E-state index in [1.165, 1.54) is 18.2 Å². The van der Waals surface area contributed by atoms with Crippen molar-refractivity contribution in [2.45, 2.75) is 37.6 Å². The predicted molar refractivity (Wildman–Crippen MR) is 141 cm³/mol. The first kappa shape index (κ1) is 28.8. The Kier molecular flexibility index (Phi) is 7.68. The molecule has 0 amide bonds. The largest absolute Gasteiger partial charge is 0.480 e. The Morgan fingerprint density at radius 3 is 2.41 bits per heavy atom. The van der Waals surface area contributed by atoms with Crippen molar-refractivity contribution in [2.75, 3.05) is 30.3 Å². The number of ether oxygens (including phenoxy) is 1. The molecular weight excluding hydrogens is 573 g/mol. The lowest BCUT2D eigenvalue weighted by Gasteiger charge is -2.39. The van der Waals surface area contributed by atoms with Crippen molar-refractivity contribution in [3.05, 3.63) is 64.7 Å². The number of alkyl halides is 3. The van der Waals surface area contributed by atoms with E-state index >= 15 is 0 Å². The third kappa shape index (κ3) is 6.30. The molecule has 2 fully saturated rings. The molecule has 2 saturated heterocycles. The van der Waals surface area contributed by atoms with E-state index < -0.39 is 47.4 Å². The number of aromatic nitrogens is 2. The number of carboxylic acids is 1. The summed E-state index contributed by atoms with van der Waals surface area (Å²) in [6, 6.07) is 6.50. The molecule has 2 aliphatic heterocycles. The van der Waals surface area contributed by atoms with Crippen LogP contribution < -0.4 is 20.7 Å². The van der Waals surface area contributed by atoms with Crippen LogP contribution in [0.3, 0.4) is 0 Å². The lowest BCUT2D eigenvalue weighted by molar-refractivity contribution is -0.198. The van der Waals surface area contributed by atoms with Crippen LogP contribution in [0.25, 0.3) is 11.1 Å². The van der Waals surface area contributed by atoms with Gasteiger partial charge in [-0.3, -0.25) is 4.79 Å². The molecular formula is C27H25ClF5N5O3. The van der Waals surface area contributed by atoms with E-state index in [1.807, 2.05) is 4.90 Å². The fourth-order valence-electron chi connectivity index (χ4n) is 5.48. The van der Waals surface area contributed by atoms with Gasteiger partial charge in [-0.05, 0) is 60.1 Å². The van der Waals surface area contributed by atoms with Crippen molar-refractivity contribution in [3.63, 3.8) is 0 Å². The second-order valence-electron chi connectivity index (χ2n) is 10.3. The maximum absolute atomic E-state index is 14.4. The molecule has 8 nitrogen and oxygen atoms in total. The van der Waals surface area contributed by atoms with Crippen LogP contribution in [-0.2, 0) is 4.79 Å². The maximum Gasteiger partial charge on any atom is 0.429 e. The highest BCUT2D eigenvalue weighted by Gasteiger charge is 2.46. The number of hydrogen-bond acceptors (Lipinski definition) is 7. The average Bonchev–Trinajstić information content (AvgIpc) is 3.30. The molecule has 2 atom stereocenters. The van der Waals surface area contributed by atoms with Gasteiger partial charge in [0, 0.05) is 42.4 Å². The molecule has 218 valence electrons. The number of carboxylic acid groups (broad SMARTS) is 1. The second kappa shape index (κ2) is 10.9. The van der Waals surface area contributed by atoms with Gasteiger partial charge in [0.2, 0.25) is 17.9 Å². The molecule has 2 aliphatic rings. The Morgan fingerprint density at radius 1 is 1.12 bits per heavy atom. The minimum atomic E-state index is -4.97. The van der Waals surface area contributed by atoms with Crippen molar-refractivity contribution in [1.82, 2.24) is 15.3 Å². The monoisotopic (exact) mass is 597 g/mol. The number of benzene rings is 2. The number of nitrogens with two attached hydrogens (primary N) is 1. The Morgan fingerprint density at radius 2 is 1.80 bits per heavy atom. The van der Waals surface area contributed by atoms with Gasteiger partial charge in [0.25, 0.3) is 0 Å². The van der Waals surface area contributed by atoms with Crippen LogP contribution in [0.1, 0.15) is 30.9 Å². The second-order valence-corrected chi connectivity index (χ2v) is 10.8. The van der Waals surface area contributed by atoms with Gasteiger partial charge < -0.3 is 25.8 Å². The van der Waals surface area contributed by atoms with Gasteiger partial charge in [0.15, 0.2) is 0 Å². The fraction of sp³-hybridized carbons (Fsp3) is 0.370. The Bertz CT molecular complexity index is 1450. The van der Waals surface area contributed by atoms with Crippen molar-refractivity contribution >= 4 is 29.3 Å². The number of nitrogens with zero attached hydrogens (tertiary/aromatic N) is 3. The zero-order chi connectivity index (χ0) is 29.5. The van der Waals surface area contributed by atoms with Gasteiger partial charge in [-0.25, -0.2) is 8.78 Å². The van der Waals surface area contributed by atoms with E-state index in [1.54, 1.807) is 0 Å². The molecule has 14 heteroatoms. The molecule has 41 heavy (non-hydrogen) atoms. The normalized spacial score (nSPS) is 19.4. The average molecular weight is 598 g/mol. The number of piperidine rings is 1. The highest BCUT2D eigenvalue weighted by molar-refractivity contribution is 6.30. The lowest BCUT2D eigenvalue weighted by atomic mass is 9.76. The number of aliphatic carboxylic acids is 1. The zero-order valence-corrected chi connectivity index (χ0v) is 22.1. The number of halogens is 6. The molecule has 5 rings (SSSR count). The summed E-state index contributed by atoms with van der Waals surface area (Å²) in [4.78, 5) is 21.2. The molecule has 0 bridgehead atoms. The quantitative estimate of drug-likeness (QED) is 0.325. The topological polar surface area (TPSA) is 114 Å². The summed E-state index contributed by atoms with van der Waals surface area (Å²) in [5.74, 6) is -3.35. The Balaban J connectivity index is 1.43. The van der Waals surface area contributed by atoms with Gasteiger partial charge >= 0.3 is 12.1 Å². The molecule has 0 aliphatic carbocycles. The summed E-state index contributed by atoms with van der Waals surface area (Å²) in [5, 5.41) is 12.4. The van der Waals surface area contributed by atoms with Gasteiger partial charge in [-0.15, -0.1) is 0 Å². The van der Waals surface area contributed by atoms with Crippen molar-refractivity contribution in [2.24, 2.45) is 5.41 Å². The smallest absolute Gasteiger partial charge is 0.429 e. The number of nitrogens with one attached hydrogen (secondary N) is 1. The minimum absolute atomic E-state index is 0.0536. The van der Waals surface area contributed by atoms with Crippen molar-refractivity contribution in [1.29, 1.82) is 0 Å². The summed E-state index contributed by atoms with van der Waals surface area (Å²) in [6.45, 7) is 1.50. The molecule has 0 saturated carbocycles. The molecule has 1 spiro atoms. The molecule has 1 aromatic heterocycles. The van der Waals surface area contributed by atoms with Crippen LogP contribution >= 0.6 is 11.6 Å². The molecule has 4 N–H and O–H groups in total. The van der Waals surface area contributed by atoms with E-state index in [9.17, 15) is 31.9 Å². The summed E-state index contributed by atoms with van der Waals surface area (Å²) >= 11 is 6.04. The lowest BCUT2D eigenvalue weighted by Crippen LogP contribution is -2.41. The third-order valence-electron chi connectivity index (χ3n) is 7.52. The van der Waals surface area contributed by atoms with E-state index in [4.69, 9.17) is 22.1 Å². The summed E-state index contributed by atoms with van der Waals surface area (Å²) in [7, 11) is 0. The Labute approximate surface area is 236 Å². The molecule has 3 aromatic rings. The van der Waals surface area contributed by atoms with Gasteiger partial charge in [-0.1, -0.05) is 17.7 Å². The summed E-state index contributed by atoms with van der Waals surface area (Å²) in [6.07, 6.45) is -5.78. The number of anilines is 2. The number of nitrogen functional groups attached to an aromatic ring is 1. The fourth-order valence-corrected chi connectivity index (χ4v) is 5.65. The van der Waals surface area contributed by atoms with E-state index in [2.05, 4.69) is 15.3 Å². The van der Waals surface area contributed by atoms with Crippen molar-refractivity contribution in [3.8, 4) is 17.0 Å². The summed E-state index contributed by atoms with van der Waals surface area (Å²) in [5.41, 5.74) is 4.88. The standard InChI is InChI=1S/C27H25ClF5N5O3/c28-15-1-2-18(19(9-15)14-7-16(29)10-17(30)8-14)23(27(31,32)33)41-22-11-21(36-25(34)37-22)38-5-3-26(4-6-38)12-20(24(39)40)35-13-26/h1-2,7-11,20,23,35H,3-6,12-13H2,(H,39,40)(H2,34,36,37). The van der Waals surface area contributed by atoms with Crippen LogP contribution in [0, 0.1) is 17.0 Å². The summed E-state index contributed by atoms with van der Waals surface area (Å²) < 4.78 is 76.6. The highest BCUT2D eigenvalue weighted by atomic mass is 35.5. The molecule has 2 aromatic carbocycles. The van der Waals surface area contributed by atoms with E-state index in [0.717, 1.165) is 18.2 Å². The SMILES string of the molecule is Nc1nc(OC(c2ccc(Cl)cc2-c2cc(F)cc(F)c2)C(F)(F)F)cc(N2CCC3(CC2)CNC(C(=O)O)C3)n1. The maximum atomic E-state index is 14.4. The Hall–Kier alpha value is -3.71. The number of carbonyl (C=O) groups is 1. The van der Waals surface area contributed by atoms with Crippen molar-refractivity contribution < 1.29 is 36.6 Å². The third-order valence-corrected chi connectivity index (χ3v) is 7.76. The van der Waals surface area contributed by atoms with Crippen LogP contribution in [0.15, 0.2) is 42.5 Å². The van der Waals surface area contributed by atoms with Gasteiger partial charge in [-0.2, -0.15) is 23.1 Å². The van der Waals surface area contributed by atoms with Gasteiger partial charge in [0.1, 0.15) is 23.5 Å². The molecule has 0 radical (unpaired) electrons. The van der Waals surface area contributed by atoms with Gasteiger partial charge in [0.05, 0.1) is 0 Å². The number of rotatable bonds is 6. The van der Waals surface area contributed by atoms with Crippen LogP contribution in [0.4, 0.5) is 33.7 Å². The molecule has 3 heterocycles. The minimum Gasteiger partial charge on any atom is -0.480 e. The first-order chi connectivity index (χ1) is 19.3. The van der Waals surface area contributed by atoms with Crippen LogP contribution in [0.2, 0.25) is 5.02 Å². The number of hydrogen-bond donors (Lipinski definition) is 3. The first-order valence-electron chi connectivity index (χ1n) is 12.7. The highest BCUT2D eigenvalue weighted by Crippen LogP contribution is 2.43. The van der Waals surface area contributed by atoms with E-state index in [0.29, 0.717) is 45.0 Å².